The van der Waals surface area contributed by atoms with E-state index in [1.165, 1.54) is 6.07 Å². The van der Waals surface area contributed by atoms with Crippen LogP contribution in [0.1, 0.15) is 31.9 Å². The number of hydrogen-bond acceptors (Lipinski definition) is 3. The molecule has 0 bridgehead atoms. The van der Waals surface area contributed by atoms with Crippen molar-refractivity contribution >= 4 is 23.6 Å². The highest BCUT2D eigenvalue weighted by atomic mass is 32.2. The average molecular weight is 369 g/mol. The highest BCUT2D eigenvalue weighted by Gasteiger charge is 2.20. The van der Waals surface area contributed by atoms with E-state index in [0.29, 0.717) is 25.6 Å². The number of benzene rings is 1. The van der Waals surface area contributed by atoms with Crippen LogP contribution in [0.15, 0.2) is 23.2 Å². The van der Waals surface area contributed by atoms with Crippen molar-refractivity contribution in [1.29, 1.82) is 0 Å². The summed E-state index contributed by atoms with van der Waals surface area (Å²) in [5, 5.41) is 9.25. The minimum Gasteiger partial charge on any atom is -0.355 e. The number of nitrogens with one attached hydrogen (secondary N) is 3. The van der Waals surface area contributed by atoms with E-state index < -0.39 is 5.41 Å². The Labute approximate surface area is 154 Å². The van der Waals surface area contributed by atoms with Crippen LogP contribution in [0.2, 0.25) is 0 Å². The molecule has 1 aromatic rings. The molecule has 5 nitrogen and oxygen atoms in total. The molecular weight excluding hydrogens is 339 g/mol. The number of amides is 1. The van der Waals surface area contributed by atoms with Crippen molar-refractivity contribution < 1.29 is 9.18 Å². The number of hydrogen-bond donors (Lipinski definition) is 3. The lowest BCUT2D eigenvalue weighted by molar-refractivity contribution is -0.128. The highest BCUT2D eigenvalue weighted by Crippen LogP contribution is 2.16. The Morgan fingerprint density at radius 2 is 1.84 bits per heavy atom. The molecule has 3 N–H and O–H groups in total. The summed E-state index contributed by atoms with van der Waals surface area (Å²) in [6.07, 6.45) is 1.99. The molecule has 0 fully saturated rings. The molecule has 0 aromatic heterocycles. The monoisotopic (exact) mass is 368 g/mol. The Hall–Kier alpha value is -1.76. The lowest BCUT2D eigenvalue weighted by Crippen LogP contribution is -2.43. The second-order valence-electron chi connectivity index (χ2n) is 6.70. The number of carbonyl (C=O) groups excluding carboxylic acids is 1. The molecule has 25 heavy (non-hydrogen) atoms. The van der Waals surface area contributed by atoms with Crippen molar-refractivity contribution in [1.82, 2.24) is 16.0 Å². The molecule has 1 aromatic carbocycles. The zero-order chi connectivity index (χ0) is 18.9. The van der Waals surface area contributed by atoms with E-state index in [0.717, 1.165) is 16.9 Å². The number of guanidine groups is 1. The van der Waals surface area contributed by atoms with Gasteiger partial charge in [0.2, 0.25) is 5.91 Å². The van der Waals surface area contributed by atoms with Gasteiger partial charge in [0.1, 0.15) is 5.82 Å². The van der Waals surface area contributed by atoms with Crippen molar-refractivity contribution in [2.45, 2.75) is 33.1 Å². The van der Waals surface area contributed by atoms with Gasteiger partial charge in [-0.05, 0) is 29.5 Å². The lowest BCUT2D eigenvalue weighted by atomic mass is 9.96. The molecular formula is C18H29FN4OS. The Morgan fingerprint density at radius 1 is 1.16 bits per heavy atom. The Morgan fingerprint density at radius 3 is 2.44 bits per heavy atom. The Balaban J connectivity index is 2.46. The molecule has 0 heterocycles. The third-order valence-corrected chi connectivity index (χ3v) is 4.12. The topological polar surface area (TPSA) is 65.5 Å². The molecule has 0 aliphatic heterocycles. The van der Waals surface area contributed by atoms with Crippen LogP contribution in [-0.2, 0) is 17.1 Å². The van der Waals surface area contributed by atoms with Crippen LogP contribution in [0.5, 0.6) is 0 Å². The van der Waals surface area contributed by atoms with Crippen LogP contribution in [0.25, 0.3) is 0 Å². The Kier molecular flexibility index (Phi) is 8.75. The molecule has 0 saturated heterocycles. The van der Waals surface area contributed by atoms with Gasteiger partial charge in [-0.2, -0.15) is 11.8 Å². The first kappa shape index (κ1) is 21.3. The van der Waals surface area contributed by atoms with Gasteiger partial charge >= 0.3 is 0 Å². The van der Waals surface area contributed by atoms with E-state index in [1.54, 1.807) is 30.9 Å². The molecule has 0 atom stereocenters. The number of carbonyl (C=O) groups is 1. The molecule has 7 heteroatoms. The molecule has 0 aliphatic carbocycles. The van der Waals surface area contributed by atoms with Crippen LogP contribution in [0.3, 0.4) is 0 Å². The van der Waals surface area contributed by atoms with Crippen molar-refractivity contribution in [3.63, 3.8) is 0 Å². The van der Waals surface area contributed by atoms with Gasteiger partial charge in [-0.25, -0.2) is 4.39 Å². The quantitative estimate of drug-likeness (QED) is 0.393. The minimum atomic E-state index is -0.393. The van der Waals surface area contributed by atoms with Crippen molar-refractivity contribution in [3.8, 4) is 0 Å². The third kappa shape index (κ3) is 7.77. The maximum Gasteiger partial charge on any atom is 0.225 e. The van der Waals surface area contributed by atoms with Crippen LogP contribution < -0.4 is 16.0 Å². The van der Waals surface area contributed by atoms with Crippen LogP contribution in [-0.4, -0.2) is 38.3 Å². The van der Waals surface area contributed by atoms with E-state index in [4.69, 9.17) is 0 Å². The maximum absolute atomic E-state index is 13.4. The van der Waals surface area contributed by atoms with E-state index >= 15 is 0 Å². The largest absolute Gasteiger partial charge is 0.355 e. The van der Waals surface area contributed by atoms with E-state index in [1.807, 2.05) is 27.0 Å². The van der Waals surface area contributed by atoms with Crippen molar-refractivity contribution in [2.75, 3.05) is 26.4 Å². The normalized spacial score (nSPS) is 12.0. The van der Waals surface area contributed by atoms with Gasteiger partial charge in [0.15, 0.2) is 5.96 Å². The van der Waals surface area contributed by atoms with Crippen molar-refractivity contribution in [2.24, 2.45) is 10.4 Å². The molecule has 1 amide bonds. The summed E-state index contributed by atoms with van der Waals surface area (Å²) >= 11 is 1.66. The number of rotatable bonds is 7. The summed E-state index contributed by atoms with van der Waals surface area (Å²) in [5.41, 5.74) is 1.63. The molecule has 0 unspecified atom stereocenters. The number of nitrogens with zero attached hydrogens (tertiary/aromatic N) is 1. The van der Waals surface area contributed by atoms with Gasteiger partial charge in [-0.15, -0.1) is 0 Å². The molecule has 0 aliphatic rings. The second-order valence-corrected chi connectivity index (χ2v) is 7.57. The Bertz CT molecular complexity index is 599. The van der Waals surface area contributed by atoms with Gasteiger partial charge in [-0.3, -0.25) is 9.79 Å². The molecule has 0 radical (unpaired) electrons. The summed E-state index contributed by atoms with van der Waals surface area (Å²) < 4.78 is 13.4. The van der Waals surface area contributed by atoms with Gasteiger partial charge in [-0.1, -0.05) is 26.8 Å². The zero-order valence-corrected chi connectivity index (χ0v) is 16.5. The van der Waals surface area contributed by atoms with Gasteiger partial charge in [0.25, 0.3) is 0 Å². The van der Waals surface area contributed by atoms with E-state index in [9.17, 15) is 9.18 Å². The summed E-state index contributed by atoms with van der Waals surface area (Å²) in [6.45, 7) is 7.29. The molecule has 140 valence electrons. The predicted molar refractivity (Wildman–Crippen MR) is 104 cm³/mol. The summed E-state index contributed by atoms with van der Waals surface area (Å²) in [6, 6.07) is 4.84. The first-order valence-electron chi connectivity index (χ1n) is 8.27. The van der Waals surface area contributed by atoms with Gasteiger partial charge < -0.3 is 16.0 Å². The minimum absolute atomic E-state index is 0.0188. The number of aliphatic imine (C=N–C) groups is 1. The maximum atomic E-state index is 13.4. The zero-order valence-electron chi connectivity index (χ0n) is 15.7. The summed E-state index contributed by atoms with van der Waals surface area (Å²) in [5.74, 6) is 1.21. The first-order valence-corrected chi connectivity index (χ1v) is 9.66. The van der Waals surface area contributed by atoms with Crippen molar-refractivity contribution in [3.05, 3.63) is 35.1 Å². The van der Waals surface area contributed by atoms with Crippen LogP contribution in [0.4, 0.5) is 4.39 Å². The second kappa shape index (κ2) is 10.3. The average Bonchev–Trinajstić information content (AvgIpc) is 2.54. The lowest BCUT2D eigenvalue weighted by Gasteiger charge is -2.18. The van der Waals surface area contributed by atoms with Gasteiger partial charge in [0, 0.05) is 37.8 Å². The van der Waals surface area contributed by atoms with E-state index in [2.05, 4.69) is 20.9 Å². The highest BCUT2D eigenvalue weighted by molar-refractivity contribution is 7.97. The van der Waals surface area contributed by atoms with Crippen LogP contribution >= 0.6 is 11.8 Å². The SMILES string of the molecule is CN=C(NCCNC(=O)C(C)(C)C)NCc1ccc(F)cc1CSC. The number of thioether (sulfide) groups is 1. The molecule has 1 rings (SSSR count). The first-order chi connectivity index (χ1) is 11.8. The third-order valence-electron chi connectivity index (χ3n) is 3.52. The standard InChI is InChI=1S/C18H29FN4OS/c1-18(2,3)16(24)21-8-9-22-17(20-4)23-11-13-6-7-15(19)10-14(13)12-25-5/h6-7,10H,8-9,11-12H2,1-5H3,(H,21,24)(H2,20,22,23). The fraction of sp³-hybridized carbons (Fsp3) is 0.556. The summed E-state index contributed by atoms with van der Waals surface area (Å²) in [4.78, 5) is 16.0. The predicted octanol–water partition coefficient (Wildman–Crippen LogP) is 2.52. The molecule has 0 spiro atoms. The van der Waals surface area contributed by atoms with Crippen LogP contribution in [0, 0.1) is 11.2 Å². The smallest absolute Gasteiger partial charge is 0.225 e. The van der Waals surface area contributed by atoms with Gasteiger partial charge in [0.05, 0.1) is 0 Å². The fourth-order valence-electron chi connectivity index (χ4n) is 2.08. The van der Waals surface area contributed by atoms with E-state index in [-0.39, 0.29) is 11.7 Å². The number of halogens is 1. The fourth-order valence-corrected chi connectivity index (χ4v) is 2.66. The molecule has 0 saturated carbocycles. The summed E-state index contributed by atoms with van der Waals surface area (Å²) in [7, 11) is 1.69.